The van der Waals surface area contributed by atoms with Crippen LogP contribution >= 0.6 is 0 Å². The number of fused-ring (bicyclic) bond motifs is 1. The lowest BCUT2D eigenvalue weighted by molar-refractivity contribution is 0.241. The molecule has 78 valence electrons. The summed E-state index contributed by atoms with van der Waals surface area (Å²) in [6, 6.07) is 5.68. The van der Waals surface area contributed by atoms with Crippen molar-refractivity contribution >= 4 is 0 Å². The highest BCUT2D eigenvalue weighted by Gasteiger charge is 2.22. The molecular formula is C10H11N3O2. The molecule has 1 heterocycles. The molecule has 0 radical (unpaired) electrons. The van der Waals surface area contributed by atoms with Gasteiger partial charge in [-0.1, -0.05) is 5.11 Å². The molecule has 0 spiro atoms. The molecule has 5 nitrogen and oxygen atoms in total. The smallest absolute Gasteiger partial charge is 0.123 e. The van der Waals surface area contributed by atoms with E-state index in [2.05, 4.69) is 10.0 Å². The molecule has 0 aromatic heterocycles. The molecule has 15 heavy (non-hydrogen) atoms. The Morgan fingerprint density at radius 3 is 3.27 bits per heavy atom. The third-order valence-electron chi connectivity index (χ3n) is 2.36. The number of azide groups is 1. The van der Waals surface area contributed by atoms with Crippen LogP contribution in [0.15, 0.2) is 23.3 Å². The Morgan fingerprint density at radius 1 is 1.67 bits per heavy atom. The van der Waals surface area contributed by atoms with Crippen molar-refractivity contribution in [2.45, 2.75) is 12.5 Å². The zero-order chi connectivity index (χ0) is 10.7. The van der Waals surface area contributed by atoms with Crippen molar-refractivity contribution in [2.24, 2.45) is 5.11 Å². The van der Waals surface area contributed by atoms with E-state index in [0.29, 0.717) is 6.54 Å². The lowest BCUT2D eigenvalue weighted by atomic mass is 10.1. The van der Waals surface area contributed by atoms with Gasteiger partial charge in [-0.3, -0.25) is 0 Å². The van der Waals surface area contributed by atoms with Crippen molar-refractivity contribution in [3.8, 4) is 11.5 Å². The fourth-order valence-electron chi connectivity index (χ4n) is 1.65. The van der Waals surface area contributed by atoms with Gasteiger partial charge >= 0.3 is 0 Å². The Bertz CT molecular complexity index is 413. The van der Waals surface area contributed by atoms with Crippen LogP contribution in [-0.4, -0.2) is 19.8 Å². The van der Waals surface area contributed by atoms with Gasteiger partial charge in [0, 0.05) is 16.9 Å². The van der Waals surface area contributed by atoms with Gasteiger partial charge < -0.3 is 9.47 Å². The van der Waals surface area contributed by atoms with Crippen molar-refractivity contribution < 1.29 is 9.47 Å². The second-order valence-corrected chi connectivity index (χ2v) is 3.33. The van der Waals surface area contributed by atoms with E-state index >= 15 is 0 Å². The molecule has 0 N–H and O–H groups in total. The third kappa shape index (κ3) is 1.97. The monoisotopic (exact) mass is 205 g/mol. The maximum Gasteiger partial charge on any atom is 0.123 e. The van der Waals surface area contributed by atoms with E-state index in [4.69, 9.17) is 15.0 Å². The molecule has 2 rings (SSSR count). The third-order valence-corrected chi connectivity index (χ3v) is 2.36. The fraction of sp³-hybridized carbons (Fsp3) is 0.400. The fourth-order valence-corrected chi connectivity index (χ4v) is 1.65. The van der Waals surface area contributed by atoms with E-state index in [0.717, 1.165) is 23.5 Å². The molecule has 0 amide bonds. The first kappa shape index (κ1) is 9.68. The Kier molecular flexibility index (Phi) is 2.65. The maximum atomic E-state index is 8.21. The molecule has 0 bridgehead atoms. The number of rotatable bonds is 3. The molecule has 1 aromatic carbocycles. The summed E-state index contributed by atoms with van der Waals surface area (Å²) in [5.41, 5.74) is 9.31. The molecule has 1 atom stereocenters. The summed E-state index contributed by atoms with van der Waals surface area (Å²) >= 11 is 0. The highest BCUT2D eigenvalue weighted by Crippen LogP contribution is 2.31. The van der Waals surface area contributed by atoms with Crippen LogP contribution in [0.5, 0.6) is 11.5 Å². The Morgan fingerprint density at radius 2 is 2.53 bits per heavy atom. The number of ether oxygens (including phenoxy) is 2. The zero-order valence-corrected chi connectivity index (χ0v) is 8.38. The molecule has 0 unspecified atom stereocenters. The predicted molar refractivity (Wildman–Crippen MR) is 55.1 cm³/mol. The van der Waals surface area contributed by atoms with Crippen LogP contribution < -0.4 is 9.47 Å². The minimum Gasteiger partial charge on any atom is -0.497 e. The van der Waals surface area contributed by atoms with Gasteiger partial charge in [-0.15, -0.1) is 0 Å². The van der Waals surface area contributed by atoms with Crippen LogP contribution in [0.1, 0.15) is 5.56 Å². The number of hydrogen-bond acceptors (Lipinski definition) is 3. The van der Waals surface area contributed by atoms with Crippen LogP contribution in [0, 0.1) is 0 Å². The molecule has 1 aliphatic rings. The van der Waals surface area contributed by atoms with Crippen molar-refractivity contribution in [1.82, 2.24) is 0 Å². The highest BCUT2D eigenvalue weighted by atomic mass is 16.5. The van der Waals surface area contributed by atoms with Crippen LogP contribution in [0.25, 0.3) is 10.4 Å². The first-order chi connectivity index (χ1) is 7.33. The minimum atomic E-state index is -0.0389. The molecular weight excluding hydrogens is 194 g/mol. The number of methoxy groups -OCH3 is 1. The van der Waals surface area contributed by atoms with Crippen molar-refractivity contribution in [3.05, 3.63) is 34.2 Å². The summed E-state index contributed by atoms with van der Waals surface area (Å²) in [4.78, 5) is 2.72. The lowest BCUT2D eigenvalue weighted by Crippen LogP contribution is -2.16. The van der Waals surface area contributed by atoms with Gasteiger partial charge in [0.25, 0.3) is 0 Å². The predicted octanol–water partition coefficient (Wildman–Crippen LogP) is 2.31. The Balaban J connectivity index is 2.12. The van der Waals surface area contributed by atoms with E-state index < -0.39 is 0 Å². The summed E-state index contributed by atoms with van der Waals surface area (Å²) in [6.45, 7) is 0.369. The van der Waals surface area contributed by atoms with E-state index in [1.807, 2.05) is 18.2 Å². The molecule has 0 fully saturated rings. The van der Waals surface area contributed by atoms with Crippen molar-refractivity contribution in [1.29, 1.82) is 0 Å². The van der Waals surface area contributed by atoms with Crippen LogP contribution in [0.3, 0.4) is 0 Å². The molecule has 1 aliphatic heterocycles. The van der Waals surface area contributed by atoms with E-state index in [1.54, 1.807) is 7.11 Å². The number of benzene rings is 1. The second kappa shape index (κ2) is 4.11. The molecule has 0 saturated heterocycles. The molecule has 0 saturated carbocycles. The minimum absolute atomic E-state index is 0.0389. The summed E-state index contributed by atoms with van der Waals surface area (Å²) < 4.78 is 10.7. The van der Waals surface area contributed by atoms with E-state index in [9.17, 15) is 0 Å². The summed E-state index contributed by atoms with van der Waals surface area (Å²) in [6.07, 6.45) is 0.731. The molecule has 1 aromatic rings. The first-order valence-corrected chi connectivity index (χ1v) is 4.68. The average Bonchev–Trinajstić information content (AvgIpc) is 2.67. The van der Waals surface area contributed by atoms with Gasteiger partial charge in [0.05, 0.1) is 13.7 Å². The van der Waals surface area contributed by atoms with Gasteiger partial charge in [0.15, 0.2) is 0 Å². The second-order valence-electron chi connectivity index (χ2n) is 3.33. The quantitative estimate of drug-likeness (QED) is 0.431. The van der Waals surface area contributed by atoms with Crippen molar-refractivity contribution in [3.63, 3.8) is 0 Å². The summed E-state index contributed by atoms with van der Waals surface area (Å²) in [5.74, 6) is 1.68. The summed E-state index contributed by atoms with van der Waals surface area (Å²) in [7, 11) is 1.63. The van der Waals surface area contributed by atoms with Gasteiger partial charge in [-0.25, -0.2) is 0 Å². The maximum absolute atomic E-state index is 8.21. The topological polar surface area (TPSA) is 67.2 Å². The highest BCUT2D eigenvalue weighted by molar-refractivity contribution is 5.43. The Hall–Kier alpha value is -1.87. The largest absolute Gasteiger partial charge is 0.497 e. The molecule has 5 heteroatoms. The summed E-state index contributed by atoms with van der Waals surface area (Å²) in [5, 5.41) is 3.50. The van der Waals surface area contributed by atoms with Gasteiger partial charge in [0.2, 0.25) is 0 Å². The van der Waals surface area contributed by atoms with E-state index in [-0.39, 0.29) is 6.10 Å². The van der Waals surface area contributed by atoms with Crippen LogP contribution in [-0.2, 0) is 6.42 Å². The standard InChI is InChI=1S/C10H11N3O2/c1-14-8-2-3-10-7(4-8)5-9(15-10)6-12-13-11/h2-4,9H,5-6H2,1H3/t9-/m1/s1. The van der Waals surface area contributed by atoms with Crippen LogP contribution in [0.2, 0.25) is 0 Å². The SMILES string of the molecule is COc1ccc2c(c1)C[C@H](CN=[N+]=[N-])O2. The van der Waals surface area contributed by atoms with E-state index in [1.165, 1.54) is 0 Å². The van der Waals surface area contributed by atoms with Gasteiger partial charge in [-0.05, 0) is 23.7 Å². The lowest BCUT2D eigenvalue weighted by Gasteiger charge is -2.05. The Labute approximate surface area is 87.2 Å². The van der Waals surface area contributed by atoms with Crippen molar-refractivity contribution in [2.75, 3.05) is 13.7 Å². The molecule has 0 aliphatic carbocycles. The van der Waals surface area contributed by atoms with Crippen LogP contribution in [0.4, 0.5) is 0 Å². The number of nitrogens with zero attached hydrogens (tertiary/aromatic N) is 3. The van der Waals surface area contributed by atoms with Gasteiger partial charge in [-0.2, -0.15) is 0 Å². The zero-order valence-electron chi connectivity index (χ0n) is 8.38. The average molecular weight is 205 g/mol. The first-order valence-electron chi connectivity index (χ1n) is 4.68. The van der Waals surface area contributed by atoms with Gasteiger partial charge in [0.1, 0.15) is 17.6 Å². The number of hydrogen-bond donors (Lipinski definition) is 0. The normalized spacial score (nSPS) is 17.5.